The van der Waals surface area contributed by atoms with Crippen LogP contribution in [0, 0.1) is 0 Å². The summed E-state index contributed by atoms with van der Waals surface area (Å²) < 4.78 is 0. The SMILES string of the molecule is CN=C(NCCc1c[nH]c2ccccc12)NCC(C)SC.I. The Morgan fingerprint density at radius 1 is 1.32 bits per heavy atom. The third-order valence-corrected chi connectivity index (χ3v) is 4.52. The zero-order valence-electron chi connectivity index (χ0n) is 13.3. The number of para-hydroxylation sites is 1. The number of guanidine groups is 1. The fraction of sp³-hybridized carbons (Fsp3) is 0.438. The lowest BCUT2D eigenvalue weighted by Crippen LogP contribution is -2.40. The van der Waals surface area contributed by atoms with Gasteiger partial charge in [0.25, 0.3) is 0 Å². The quantitative estimate of drug-likeness (QED) is 0.373. The zero-order valence-corrected chi connectivity index (χ0v) is 16.5. The van der Waals surface area contributed by atoms with Crippen molar-refractivity contribution >= 4 is 52.6 Å². The molecular weight excluding hydrogens is 407 g/mol. The van der Waals surface area contributed by atoms with Crippen molar-refractivity contribution in [2.45, 2.75) is 18.6 Å². The minimum Gasteiger partial charge on any atom is -0.361 e. The van der Waals surface area contributed by atoms with Gasteiger partial charge in [0, 0.05) is 42.5 Å². The molecule has 0 radical (unpaired) electrons. The van der Waals surface area contributed by atoms with E-state index in [9.17, 15) is 0 Å². The number of aromatic amines is 1. The molecule has 22 heavy (non-hydrogen) atoms. The van der Waals surface area contributed by atoms with Gasteiger partial charge in [-0.2, -0.15) is 11.8 Å². The number of nitrogens with zero attached hydrogens (tertiary/aromatic N) is 1. The van der Waals surface area contributed by atoms with Gasteiger partial charge in [-0.05, 0) is 24.3 Å². The smallest absolute Gasteiger partial charge is 0.191 e. The van der Waals surface area contributed by atoms with E-state index in [4.69, 9.17) is 0 Å². The first-order valence-electron chi connectivity index (χ1n) is 7.27. The molecule has 0 aliphatic heterocycles. The molecule has 0 spiro atoms. The molecule has 6 heteroatoms. The van der Waals surface area contributed by atoms with Crippen LogP contribution in [0.3, 0.4) is 0 Å². The summed E-state index contributed by atoms with van der Waals surface area (Å²) in [5.41, 5.74) is 2.54. The highest BCUT2D eigenvalue weighted by Crippen LogP contribution is 2.17. The van der Waals surface area contributed by atoms with Crippen molar-refractivity contribution < 1.29 is 0 Å². The van der Waals surface area contributed by atoms with Gasteiger partial charge in [-0.1, -0.05) is 25.1 Å². The molecule has 1 aromatic heterocycles. The average Bonchev–Trinajstić information content (AvgIpc) is 2.93. The molecule has 0 saturated heterocycles. The molecular formula is C16H25IN4S. The number of H-pyrrole nitrogens is 1. The molecule has 0 fully saturated rings. The van der Waals surface area contributed by atoms with Crippen molar-refractivity contribution in [2.24, 2.45) is 4.99 Å². The molecule has 0 aliphatic carbocycles. The molecule has 0 bridgehead atoms. The number of fused-ring (bicyclic) bond motifs is 1. The van der Waals surface area contributed by atoms with Crippen LogP contribution in [0.25, 0.3) is 10.9 Å². The van der Waals surface area contributed by atoms with Crippen LogP contribution in [0.2, 0.25) is 0 Å². The number of aliphatic imine (C=N–C) groups is 1. The summed E-state index contributed by atoms with van der Waals surface area (Å²) >= 11 is 1.85. The third kappa shape index (κ3) is 5.39. The zero-order chi connectivity index (χ0) is 15.1. The number of nitrogens with one attached hydrogen (secondary N) is 3. The molecule has 2 rings (SSSR count). The molecule has 1 unspecified atom stereocenters. The van der Waals surface area contributed by atoms with E-state index in [0.717, 1.165) is 25.5 Å². The summed E-state index contributed by atoms with van der Waals surface area (Å²) in [6.07, 6.45) is 5.20. The van der Waals surface area contributed by atoms with Gasteiger partial charge >= 0.3 is 0 Å². The molecule has 0 aliphatic rings. The van der Waals surface area contributed by atoms with E-state index in [1.54, 1.807) is 0 Å². The van der Waals surface area contributed by atoms with E-state index in [2.05, 4.69) is 64.3 Å². The number of rotatable bonds is 6. The van der Waals surface area contributed by atoms with E-state index in [0.29, 0.717) is 5.25 Å². The fourth-order valence-electron chi connectivity index (χ4n) is 2.20. The van der Waals surface area contributed by atoms with Crippen molar-refractivity contribution in [3.63, 3.8) is 0 Å². The number of thioether (sulfide) groups is 1. The highest BCUT2D eigenvalue weighted by atomic mass is 127. The first kappa shape index (κ1) is 19.2. The Labute approximate surface area is 154 Å². The maximum Gasteiger partial charge on any atom is 0.191 e. The fourth-order valence-corrected chi connectivity index (χ4v) is 2.45. The van der Waals surface area contributed by atoms with E-state index in [1.807, 2.05) is 18.8 Å². The van der Waals surface area contributed by atoms with Crippen molar-refractivity contribution in [1.82, 2.24) is 15.6 Å². The molecule has 0 saturated carbocycles. The summed E-state index contributed by atoms with van der Waals surface area (Å²) in [5, 5.41) is 8.60. The van der Waals surface area contributed by atoms with Crippen molar-refractivity contribution in [3.05, 3.63) is 36.0 Å². The molecule has 0 amide bonds. The molecule has 3 N–H and O–H groups in total. The highest BCUT2D eigenvalue weighted by Gasteiger charge is 2.04. The Balaban J connectivity index is 0.00000242. The van der Waals surface area contributed by atoms with E-state index in [1.165, 1.54) is 16.5 Å². The minimum atomic E-state index is 0. The van der Waals surface area contributed by atoms with Gasteiger partial charge in [0.2, 0.25) is 0 Å². The Bertz CT molecular complexity index is 597. The predicted molar refractivity (Wildman–Crippen MR) is 110 cm³/mol. The summed E-state index contributed by atoms with van der Waals surface area (Å²) in [6, 6.07) is 8.40. The maximum atomic E-state index is 4.25. The van der Waals surface area contributed by atoms with Gasteiger partial charge < -0.3 is 15.6 Å². The predicted octanol–water partition coefficient (Wildman–Crippen LogP) is 3.24. The second kappa shape index (κ2) is 9.99. The number of aromatic nitrogens is 1. The third-order valence-electron chi connectivity index (χ3n) is 3.54. The monoisotopic (exact) mass is 432 g/mol. The summed E-state index contributed by atoms with van der Waals surface area (Å²) in [5.74, 6) is 0.871. The van der Waals surface area contributed by atoms with Crippen LogP contribution in [0.15, 0.2) is 35.5 Å². The molecule has 1 aromatic carbocycles. The number of hydrogen-bond donors (Lipinski definition) is 3. The Morgan fingerprint density at radius 3 is 2.82 bits per heavy atom. The van der Waals surface area contributed by atoms with Gasteiger partial charge in [-0.25, -0.2) is 0 Å². The highest BCUT2D eigenvalue weighted by molar-refractivity contribution is 14.0. The number of halogens is 1. The standard InChI is InChI=1S/C16H24N4S.HI/c1-12(21-3)10-20-16(17-2)18-9-8-13-11-19-15-7-5-4-6-14(13)15;/h4-7,11-12,19H,8-10H2,1-3H3,(H2,17,18,20);1H. The summed E-state index contributed by atoms with van der Waals surface area (Å²) in [7, 11) is 1.81. The average molecular weight is 432 g/mol. The van der Waals surface area contributed by atoms with E-state index in [-0.39, 0.29) is 24.0 Å². The van der Waals surface area contributed by atoms with Crippen LogP contribution in [-0.4, -0.2) is 42.6 Å². The van der Waals surface area contributed by atoms with Crippen molar-refractivity contribution in [2.75, 3.05) is 26.4 Å². The van der Waals surface area contributed by atoms with Gasteiger partial charge in [0.05, 0.1) is 0 Å². The largest absolute Gasteiger partial charge is 0.361 e. The van der Waals surface area contributed by atoms with Gasteiger partial charge in [-0.3, -0.25) is 4.99 Å². The van der Waals surface area contributed by atoms with Gasteiger partial charge in [0.1, 0.15) is 0 Å². The number of hydrogen-bond acceptors (Lipinski definition) is 2. The normalized spacial score (nSPS) is 12.8. The second-order valence-electron chi connectivity index (χ2n) is 5.04. The Kier molecular flexibility index (Phi) is 8.70. The molecule has 122 valence electrons. The summed E-state index contributed by atoms with van der Waals surface area (Å²) in [6.45, 7) is 4.00. The minimum absolute atomic E-state index is 0. The number of benzene rings is 1. The van der Waals surface area contributed by atoms with Crippen LogP contribution in [0.4, 0.5) is 0 Å². The molecule has 1 heterocycles. The molecule has 4 nitrogen and oxygen atoms in total. The van der Waals surface area contributed by atoms with Crippen LogP contribution in [0.5, 0.6) is 0 Å². The topological polar surface area (TPSA) is 52.2 Å². The lowest BCUT2D eigenvalue weighted by Gasteiger charge is -2.14. The first-order valence-corrected chi connectivity index (χ1v) is 8.55. The van der Waals surface area contributed by atoms with Gasteiger partial charge in [-0.15, -0.1) is 24.0 Å². The lowest BCUT2D eigenvalue weighted by atomic mass is 10.1. The lowest BCUT2D eigenvalue weighted by molar-refractivity contribution is 0.783. The van der Waals surface area contributed by atoms with E-state index >= 15 is 0 Å². The van der Waals surface area contributed by atoms with Crippen LogP contribution in [-0.2, 0) is 6.42 Å². The van der Waals surface area contributed by atoms with Crippen molar-refractivity contribution in [3.8, 4) is 0 Å². The first-order chi connectivity index (χ1) is 10.2. The molecule has 1 atom stereocenters. The molecule has 2 aromatic rings. The van der Waals surface area contributed by atoms with Crippen LogP contribution >= 0.6 is 35.7 Å². The Hall–Kier alpha value is -0.890. The maximum absolute atomic E-state index is 4.25. The van der Waals surface area contributed by atoms with E-state index < -0.39 is 0 Å². The van der Waals surface area contributed by atoms with Crippen LogP contribution < -0.4 is 10.6 Å². The van der Waals surface area contributed by atoms with Crippen LogP contribution in [0.1, 0.15) is 12.5 Å². The second-order valence-corrected chi connectivity index (χ2v) is 6.31. The summed E-state index contributed by atoms with van der Waals surface area (Å²) in [4.78, 5) is 7.56. The van der Waals surface area contributed by atoms with Crippen molar-refractivity contribution in [1.29, 1.82) is 0 Å². The Morgan fingerprint density at radius 2 is 2.09 bits per heavy atom. The van der Waals surface area contributed by atoms with Gasteiger partial charge in [0.15, 0.2) is 5.96 Å².